The van der Waals surface area contributed by atoms with Gasteiger partial charge in [0.15, 0.2) is 0 Å². The molecule has 2 rings (SSSR count). The van der Waals surface area contributed by atoms with E-state index in [4.69, 9.17) is 4.74 Å². The zero-order valence-corrected chi connectivity index (χ0v) is 9.11. The molecule has 0 N–H and O–H groups in total. The Bertz CT molecular complexity index is 315. The van der Waals surface area contributed by atoms with E-state index in [1.165, 1.54) is 24.0 Å². The van der Waals surface area contributed by atoms with Crippen molar-refractivity contribution in [2.45, 2.75) is 38.4 Å². The predicted octanol–water partition coefficient (Wildman–Crippen LogP) is 3.70. The van der Waals surface area contributed by atoms with Gasteiger partial charge in [0.2, 0.25) is 0 Å². The van der Waals surface area contributed by atoms with Gasteiger partial charge in [-0.05, 0) is 30.4 Å². The van der Waals surface area contributed by atoms with Crippen LogP contribution in [0.2, 0.25) is 0 Å². The molecule has 1 aliphatic rings. The molecule has 1 nitrogen and oxygen atoms in total. The lowest BCUT2D eigenvalue weighted by atomic mass is 9.93. The minimum Gasteiger partial charge on any atom is -0.369 e. The van der Waals surface area contributed by atoms with Crippen molar-refractivity contribution < 1.29 is 4.74 Å². The lowest BCUT2D eigenvalue weighted by Crippen LogP contribution is -2.18. The lowest BCUT2D eigenvalue weighted by Gasteiger charge is -2.24. The fourth-order valence-corrected chi connectivity index (χ4v) is 2.02. The van der Waals surface area contributed by atoms with E-state index in [9.17, 15) is 0 Å². The molecule has 0 aliphatic heterocycles. The quantitative estimate of drug-likeness (QED) is 0.679. The molecular formula is C14H18O. The van der Waals surface area contributed by atoms with Gasteiger partial charge in [0.25, 0.3) is 0 Å². The van der Waals surface area contributed by atoms with E-state index in [1.807, 2.05) is 18.2 Å². The van der Waals surface area contributed by atoms with Gasteiger partial charge in [-0.2, -0.15) is 0 Å². The zero-order chi connectivity index (χ0) is 10.5. The Hall–Kier alpha value is -1.08. The van der Waals surface area contributed by atoms with Gasteiger partial charge in [-0.25, -0.2) is 0 Å². The molecule has 80 valence electrons. The summed E-state index contributed by atoms with van der Waals surface area (Å²) in [6, 6.07) is 10.3. The molecule has 0 bridgehead atoms. The second-order valence-electron chi connectivity index (χ2n) is 4.19. The van der Waals surface area contributed by atoms with Gasteiger partial charge in [0.05, 0.1) is 12.7 Å². The van der Waals surface area contributed by atoms with Gasteiger partial charge in [-0.3, -0.25) is 0 Å². The van der Waals surface area contributed by atoms with Crippen LogP contribution >= 0.6 is 0 Å². The summed E-state index contributed by atoms with van der Waals surface area (Å²) < 4.78 is 5.88. The Balaban J connectivity index is 1.85. The molecule has 0 saturated heterocycles. The average molecular weight is 202 g/mol. The summed E-state index contributed by atoms with van der Waals surface area (Å²) in [6.45, 7) is 4.80. The Kier molecular flexibility index (Phi) is 3.57. The van der Waals surface area contributed by atoms with Crippen LogP contribution in [0.25, 0.3) is 0 Å². The Morgan fingerprint density at radius 2 is 2.00 bits per heavy atom. The van der Waals surface area contributed by atoms with E-state index in [0.29, 0.717) is 12.7 Å². The summed E-state index contributed by atoms with van der Waals surface area (Å²) in [7, 11) is 0. The number of benzene rings is 1. The highest BCUT2D eigenvalue weighted by Crippen LogP contribution is 2.25. The molecular weight excluding hydrogens is 184 g/mol. The molecule has 0 heterocycles. The molecule has 1 heteroatoms. The predicted molar refractivity (Wildman–Crippen MR) is 62.6 cm³/mol. The lowest BCUT2D eigenvalue weighted by molar-refractivity contribution is 0.0486. The van der Waals surface area contributed by atoms with Gasteiger partial charge in [-0.15, -0.1) is 0 Å². The first-order chi connectivity index (χ1) is 7.36. The highest BCUT2D eigenvalue weighted by atomic mass is 16.5. The molecule has 0 spiro atoms. The second-order valence-corrected chi connectivity index (χ2v) is 4.19. The Morgan fingerprint density at radius 3 is 2.73 bits per heavy atom. The van der Waals surface area contributed by atoms with E-state index in [2.05, 4.69) is 18.7 Å². The third-order valence-corrected chi connectivity index (χ3v) is 2.96. The van der Waals surface area contributed by atoms with Crippen LogP contribution in [0.3, 0.4) is 0 Å². The maximum absolute atomic E-state index is 5.88. The van der Waals surface area contributed by atoms with E-state index in [1.54, 1.807) is 0 Å². The smallest absolute Gasteiger partial charge is 0.0787 e. The minimum absolute atomic E-state index is 0.291. The number of hydrogen-bond donors (Lipinski definition) is 0. The van der Waals surface area contributed by atoms with Crippen LogP contribution in [-0.2, 0) is 11.3 Å². The van der Waals surface area contributed by atoms with E-state index < -0.39 is 0 Å². The fourth-order valence-electron chi connectivity index (χ4n) is 2.02. The highest BCUT2D eigenvalue weighted by molar-refractivity contribution is 5.14. The van der Waals surface area contributed by atoms with Crippen molar-refractivity contribution in [3.63, 3.8) is 0 Å². The summed E-state index contributed by atoms with van der Waals surface area (Å²) in [5.41, 5.74) is 2.52. The molecule has 1 aromatic rings. The summed E-state index contributed by atoms with van der Waals surface area (Å²) in [5.74, 6) is 0. The molecule has 0 aromatic heterocycles. The van der Waals surface area contributed by atoms with Crippen molar-refractivity contribution in [1.82, 2.24) is 0 Å². The summed E-state index contributed by atoms with van der Waals surface area (Å²) in [4.78, 5) is 0. The van der Waals surface area contributed by atoms with Crippen LogP contribution in [0, 0.1) is 0 Å². The van der Waals surface area contributed by atoms with Gasteiger partial charge < -0.3 is 4.74 Å². The molecule has 1 atom stereocenters. The van der Waals surface area contributed by atoms with E-state index >= 15 is 0 Å². The summed E-state index contributed by atoms with van der Waals surface area (Å²) in [5, 5.41) is 0. The zero-order valence-electron chi connectivity index (χ0n) is 9.11. The molecule has 0 radical (unpaired) electrons. The molecule has 1 aromatic carbocycles. The molecule has 1 fully saturated rings. The molecule has 15 heavy (non-hydrogen) atoms. The van der Waals surface area contributed by atoms with Gasteiger partial charge >= 0.3 is 0 Å². The Labute approximate surface area is 91.8 Å². The third-order valence-electron chi connectivity index (χ3n) is 2.96. The standard InChI is InChI=1S/C14H18O/c1-12-7-5-6-10-14(12)15-11-13-8-3-2-4-9-13/h2-4,8-9,14H,1,5-7,10-11H2. The van der Waals surface area contributed by atoms with Crippen LogP contribution in [0.1, 0.15) is 31.2 Å². The molecule has 0 amide bonds. The minimum atomic E-state index is 0.291. The molecule has 1 saturated carbocycles. The van der Waals surface area contributed by atoms with Crippen molar-refractivity contribution >= 4 is 0 Å². The summed E-state index contributed by atoms with van der Waals surface area (Å²) in [6.07, 6.45) is 5.13. The van der Waals surface area contributed by atoms with E-state index in [-0.39, 0.29) is 0 Å². The Morgan fingerprint density at radius 1 is 1.20 bits per heavy atom. The second kappa shape index (κ2) is 5.13. The normalized spacial score (nSPS) is 21.6. The number of ether oxygens (including phenoxy) is 1. The van der Waals surface area contributed by atoms with Crippen molar-refractivity contribution in [2.24, 2.45) is 0 Å². The van der Waals surface area contributed by atoms with Crippen LogP contribution in [0.4, 0.5) is 0 Å². The molecule has 1 aliphatic carbocycles. The fraction of sp³-hybridized carbons (Fsp3) is 0.429. The van der Waals surface area contributed by atoms with Gasteiger partial charge in [-0.1, -0.05) is 43.3 Å². The van der Waals surface area contributed by atoms with Crippen molar-refractivity contribution in [2.75, 3.05) is 0 Å². The number of rotatable bonds is 3. The van der Waals surface area contributed by atoms with Gasteiger partial charge in [0.1, 0.15) is 0 Å². The van der Waals surface area contributed by atoms with Crippen LogP contribution in [0.15, 0.2) is 42.5 Å². The average Bonchev–Trinajstić information content (AvgIpc) is 2.29. The van der Waals surface area contributed by atoms with Crippen LogP contribution in [-0.4, -0.2) is 6.10 Å². The van der Waals surface area contributed by atoms with Crippen molar-refractivity contribution in [3.05, 3.63) is 48.0 Å². The van der Waals surface area contributed by atoms with Gasteiger partial charge in [0, 0.05) is 0 Å². The first kappa shape index (κ1) is 10.4. The van der Waals surface area contributed by atoms with Crippen LogP contribution < -0.4 is 0 Å². The maximum Gasteiger partial charge on any atom is 0.0787 e. The van der Waals surface area contributed by atoms with Crippen molar-refractivity contribution in [1.29, 1.82) is 0 Å². The SMILES string of the molecule is C=C1CCCCC1OCc1ccccc1. The first-order valence-electron chi connectivity index (χ1n) is 5.69. The maximum atomic E-state index is 5.88. The monoisotopic (exact) mass is 202 g/mol. The highest BCUT2D eigenvalue weighted by Gasteiger charge is 2.17. The summed E-state index contributed by atoms with van der Waals surface area (Å²) >= 11 is 0. The third kappa shape index (κ3) is 2.93. The van der Waals surface area contributed by atoms with E-state index in [0.717, 1.165) is 12.8 Å². The molecule has 1 unspecified atom stereocenters. The first-order valence-corrected chi connectivity index (χ1v) is 5.69. The van der Waals surface area contributed by atoms with Crippen LogP contribution in [0.5, 0.6) is 0 Å². The number of hydrogen-bond acceptors (Lipinski definition) is 1. The van der Waals surface area contributed by atoms with Crippen molar-refractivity contribution in [3.8, 4) is 0 Å². The topological polar surface area (TPSA) is 9.23 Å². The largest absolute Gasteiger partial charge is 0.369 e.